The summed E-state index contributed by atoms with van der Waals surface area (Å²) in [6, 6.07) is 0. The number of rotatable bonds is 8. The Morgan fingerprint density at radius 2 is 2.12 bits per heavy atom. The number of hydrogen-bond acceptors (Lipinski definition) is 3. The van der Waals surface area contributed by atoms with Gasteiger partial charge in [0.15, 0.2) is 0 Å². The zero-order chi connectivity index (χ0) is 12.7. The fraction of sp³-hybridized carbons (Fsp3) is 0.846. The molecule has 4 heteroatoms. The Kier molecular flexibility index (Phi) is 5.62. The van der Waals surface area contributed by atoms with E-state index in [0.29, 0.717) is 5.41 Å². The van der Waals surface area contributed by atoms with Crippen LogP contribution in [0.4, 0.5) is 0 Å². The van der Waals surface area contributed by atoms with E-state index in [4.69, 9.17) is 0 Å². The molecule has 0 atom stereocenters. The van der Waals surface area contributed by atoms with Crippen LogP contribution in [0.5, 0.6) is 0 Å². The van der Waals surface area contributed by atoms with Crippen LogP contribution in [0.3, 0.4) is 0 Å². The largest absolute Gasteiger partial charge is 0.311 e. The molecule has 0 radical (unpaired) electrons. The van der Waals surface area contributed by atoms with Crippen LogP contribution in [-0.2, 0) is 13.6 Å². The van der Waals surface area contributed by atoms with Crippen molar-refractivity contribution in [3.8, 4) is 0 Å². The van der Waals surface area contributed by atoms with E-state index in [9.17, 15) is 0 Å². The van der Waals surface area contributed by atoms with Crippen LogP contribution in [0, 0.1) is 5.41 Å². The van der Waals surface area contributed by atoms with Crippen molar-refractivity contribution in [2.45, 2.75) is 53.0 Å². The fourth-order valence-corrected chi connectivity index (χ4v) is 1.95. The van der Waals surface area contributed by atoms with E-state index in [0.717, 1.165) is 18.8 Å². The van der Waals surface area contributed by atoms with Crippen LogP contribution in [-0.4, -0.2) is 21.5 Å². The topological polar surface area (TPSA) is 42.7 Å². The van der Waals surface area contributed by atoms with Crippen LogP contribution in [0.15, 0.2) is 6.20 Å². The van der Waals surface area contributed by atoms with Crippen LogP contribution in [0.25, 0.3) is 0 Å². The maximum atomic E-state index is 4.06. The minimum atomic E-state index is 0.372. The van der Waals surface area contributed by atoms with Gasteiger partial charge in [-0.3, -0.25) is 4.68 Å². The third kappa shape index (κ3) is 5.82. The highest BCUT2D eigenvalue weighted by Crippen LogP contribution is 2.22. The van der Waals surface area contributed by atoms with Gasteiger partial charge in [-0.25, -0.2) is 0 Å². The maximum Gasteiger partial charge on any atom is 0.0964 e. The summed E-state index contributed by atoms with van der Waals surface area (Å²) in [5.41, 5.74) is 1.38. The summed E-state index contributed by atoms with van der Waals surface area (Å²) in [6.07, 6.45) is 7.21. The normalized spacial score (nSPS) is 12.0. The zero-order valence-corrected chi connectivity index (χ0v) is 11.7. The van der Waals surface area contributed by atoms with Crippen LogP contribution in [0.2, 0.25) is 0 Å². The molecule has 0 saturated heterocycles. The summed E-state index contributed by atoms with van der Waals surface area (Å²) in [7, 11) is 1.89. The highest BCUT2D eigenvalue weighted by atomic mass is 15.4. The Bertz CT molecular complexity index is 317. The molecule has 0 aliphatic rings. The molecule has 0 aliphatic carbocycles. The minimum absolute atomic E-state index is 0.372. The van der Waals surface area contributed by atoms with Gasteiger partial charge in [0.25, 0.3) is 0 Å². The van der Waals surface area contributed by atoms with Crippen molar-refractivity contribution >= 4 is 0 Å². The number of hydrogen-bond donors (Lipinski definition) is 1. The molecular formula is C13H26N4. The molecule has 17 heavy (non-hydrogen) atoms. The van der Waals surface area contributed by atoms with Crippen molar-refractivity contribution in [2.75, 3.05) is 6.54 Å². The summed E-state index contributed by atoms with van der Waals surface area (Å²) >= 11 is 0. The minimum Gasteiger partial charge on any atom is -0.311 e. The Hall–Kier alpha value is -0.900. The van der Waals surface area contributed by atoms with E-state index in [2.05, 4.69) is 36.4 Å². The lowest BCUT2D eigenvalue weighted by molar-refractivity contribution is 0.301. The standard InChI is InChI=1S/C13H26N4/c1-5-6-7-8-13(2,3)11-14-9-12-10-17(4)16-15-12/h10,14H,5-9,11H2,1-4H3. The molecule has 0 spiro atoms. The predicted molar refractivity (Wildman–Crippen MR) is 70.6 cm³/mol. The molecule has 1 heterocycles. The highest BCUT2D eigenvalue weighted by Gasteiger charge is 2.16. The molecule has 0 fully saturated rings. The van der Waals surface area contributed by atoms with E-state index < -0.39 is 0 Å². The number of nitrogens with one attached hydrogen (secondary N) is 1. The predicted octanol–water partition coefficient (Wildman–Crippen LogP) is 2.51. The third-order valence-electron chi connectivity index (χ3n) is 3.02. The van der Waals surface area contributed by atoms with Crippen LogP contribution < -0.4 is 5.32 Å². The molecule has 1 N–H and O–H groups in total. The van der Waals surface area contributed by atoms with Crippen molar-refractivity contribution < 1.29 is 0 Å². The average Bonchev–Trinajstić information content (AvgIpc) is 2.64. The van der Waals surface area contributed by atoms with Crippen molar-refractivity contribution in [2.24, 2.45) is 12.5 Å². The molecular weight excluding hydrogens is 212 g/mol. The quantitative estimate of drug-likeness (QED) is 0.708. The van der Waals surface area contributed by atoms with Crippen LogP contribution >= 0.6 is 0 Å². The molecule has 1 aromatic heterocycles. The van der Waals surface area contributed by atoms with E-state index in [-0.39, 0.29) is 0 Å². The molecule has 0 aliphatic heterocycles. The molecule has 0 amide bonds. The summed E-state index contributed by atoms with van der Waals surface area (Å²) in [5.74, 6) is 0. The van der Waals surface area contributed by atoms with Gasteiger partial charge in [-0.2, -0.15) is 0 Å². The number of unbranched alkanes of at least 4 members (excludes halogenated alkanes) is 2. The Labute approximate surface area is 105 Å². The molecule has 0 unspecified atom stereocenters. The molecule has 0 saturated carbocycles. The highest BCUT2D eigenvalue weighted by molar-refractivity contribution is 4.91. The van der Waals surface area contributed by atoms with E-state index in [1.807, 2.05) is 13.2 Å². The van der Waals surface area contributed by atoms with Gasteiger partial charge >= 0.3 is 0 Å². The van der Waals surface area contributed by atoms with Gasteiger partial charge < -0.3 is 5.32 Å². The van der Waals surface area contributed by atoms with Crippen molar-refractivity contribution in [3.63, 3.8) is 0 Å². The first-order valence-corrected chi connectivity index (χ1v) is 6.59. The summed E-state index contributed by atoms with van der Waals surface area (Å²) < 4.78 is 1.74. The van der Waals surface area contributed by atoms with Crippen LogP contribution in [0.1, 0.15) is 52.1 Å². The molecule has 98 valence electrons. The first kappa shape index (κ1) is 14.2. The molecule has 1 aromatic rings. The van der Waals surface area contributed by atoms with Gasteiger partial charge in [-0.1, -0.05) is 45.2 Å². The van der Waals surface area contributed by atoms with Gasteiger partial charge in [-0.15, -0.1) is 5.10 Å². The van der Waals surface area contributed by atoms with Crippen molar-refractivity contribution in [3.05, 3.63) is 11.9 Å². The Balaban J connectivity index is 2.20. The monoisotopic (exact) mass is 238 g/mol. The van der Waals surface area contributed by atoms with E-state index in [1.165, 1.54) is 25.7 Å². The Morgan fingerprint density at radius 1 is 1.35 bits per heavy atom. The van der Waals surface area contributed by atoms with Gasteiger partial charge in [0.2, 0.25) is 0 Å². The molecule has 0 bridgehead atoms. The van der Waals surface area contributed by atoms with Crippen molar-refractivity contribution in [1.82, 2.24) is 20.3 Å². The lowest BCUT2D eigenvalue weighted by Crippen LogP contribution is -2.29. The second-order valence-corrected chi connectivity index (χ2v) is 5.61. The number of nitrogens with zero attached hydrogens (tertiary/aromatic N) is 3. The van der Waals surface area contributed by atoms with E-state index >= 15 is 0 Å². The molecule has 1 rings (SSSR count). The first-order chi connectivity index (χ1) is 8.03. The number of aryl methyl sites for hydroxylation is 1. The second-order valence-electron chi connectivity index (χ2n) is 5.61. The SMILES string of the molecule is CCCCCC(C)(C)CNCc1cn(C)nn1. The summed E-state index contributed by atoms with van der Waals surface area (Å²) in [5, 5.41) is 11.4. The number of aromatic nitrogens is 3. The van der Waals surface area contributed by atoms with Gasteiger partial charge in [0.05, 0.1) is 5.69 Å². The third-order valence-corrected chi connectivity index (χ3v) is 3.02. The summed E-state index contributed by atoms with van der Waals surface area (Å²) in [6.45, 7) is 8.75. The average molecular weight is 238 g/mol. The lowest BCUT2D eigenvalue weighted by Gasteiger charge is -2.24. The smallest absolute Gasteiger partial charge is 0.0964 e. The maximum absolute atomic E-state index is 4.06. The summed E-state index contributed by atoms with van der Waals surface area (Å²) in [4.78, 5) is 0. The van der Waals surface area contributed by atoms with Gasteiger partial charge in [0.1, 0.15) is 0 Å². The molecule has 0 aromatic carbocycles. The zero-order valence-electron chi connectivity index (χ0n) is 11.7. The first-order valence-electron chi connectivity index (χ1n) is 6.59. The second kappa shape index (κ2) is 6.74. The van der Waals surface area contributed by atoms with E-state index in [1.54, 1.807) is 4.68 Å². The Morgan fingerprint density at radius 3 is 2.71 bits per heavy atom. The molecule has 4 nitrogen and oxygen atoms in total. The van der Waals surface area contributed by atoms with Gasteiger partial charge in [-0.05, 0) is 11.8 Å². The van der Waals surface area contributed by atoms with Gasteiger partial charge in [0, 0.05) is 26.3 Å². The van der Waals surface area contributed by atoms with Crippen molar-refractivity contribution in [1.29, 1.82) is 0 Å². The lowest BCUT2D eigenvalue weighted by atomic mass is 9.87. The fourth-order valence-electron chi connectivity index (χ4n) is 1.95.